The van der Waals surface area contributed by atoms with Gasteiger partial charge in [0.15, 0.2) is 6.29 Å². The average Bonchev–Trinajstić information content (AvgIpc) is 2.80. The minimum absolute atomic E-state index is 0.612. The van der Waals surface area contributed by atoms with E-state index in [2.05, 4.69) is 0 Å². The summed E-state index contributed by atoms with van der Waals surface area (Å²) in [5.41, 5.74) is 5.63. The van der Waals surface area contributed by atoms with Crippen molar-refractivity contribution in [3.05, 3.63) is 0 Å². The van der Waals surface area contributed by atoms with Gasteiger partial charge < -0.3 is 55.7 Å². The van der Waals surface area contributed by atoms with Gasteiger partial charge in [0.25, 0.3) is 0 Å². The number of aliphatic hydroxyl groups is 7. The molecular formula is C12H23NO10. The summed E-state index contributed by atoms with van der Waals surface area (Å²) in [7, 11) is 0. The third kappa shape index (κ3) is 3.23. The lowest BCUT2D eigenvalue weighted by atomic mass is 9.97. The molecule has 2 saturated heterocycles. The Morgan fingerprint density at radius 1 is 0.913 bits per heavy atom. The van der Waals surface area contributed by atoms with Gasteiger partial charge in [0.1, 0.15) is 43.2 Å². The summed E-state index contributed by atoms with van der Waals surface area (Å²) >= 11 is 0. The fourth-order valence-electron chi connectivity index (χ4n) is 2.68. The largest absolute Gasteiger partial charge is 0.394 e. The lowest BCUT2D eigenvalue weighted by Crippen LogP contribution is -2.65. The van der Waals surface area contributed by atoms with Crippen molar-refractivity contribution < 1.29 is 50.0 Å². The minimum Gasteiger partial charge on any atom is -0.394 e. The van der Waals surface area contributed by atoms with Crippen LogP contribution in [-0.2, 0) is 14.2 Å². The first-order chi connectivity index (χ1) is 10.8. The van der Waals surface area contributed by atoms with Crippen LogP contribution in [0.15, 0.2) is 0 Å². The van der Waals surface area contributed by atoms with Crippen molar-refractivity contribution in [1.29, 1.82) is 0 Å². The van der Waals surface area contributed by atoms with Gasteiger partial charge in [0.05, 0.1) is 19.3 Å². The van der Waals surface area contributed by atoms with Gasteiger partial charge in [-0.1, -0.05) is 0 Å². The zero-order valence-electron chi connectivity index (χ0n) is 12.2. The van der Waals surface area contributed by atoms with Gasteiger partial charge in [-0.3, -0.25) is 0 Å². The summed E-state index contributed by atoms with van der Waals surface area (Å²) in [6.45, 7) is -2.18. The maximum Gasteiger partial charge on any atom is 0.224 e. The smallest absolute Gasteiger partial charge is 0.224 e. The van der Waals surface area contributed by atoms with Crippen molar-refractivity contribution in [1.82, 2.24) is 0 Å². The molecule has 0 aromatic rings. The summed E-state index contributed by atoms with van der Waals surface area (Å²) in [6, 6.07) is -1.22. The van der Waals surface area contributed by atoms with E-state index in [9.17, 15) is 25.5 Å². The van der Waals surface area contributed by atoms with Crippen LogP contribution in [0.1, 0.15) is 0 Å². The second-order valence-electron chi connectivity index (χ2n) is 5.65. The van der Waals surface area contributed by atoms with E-state index in [1.165, 1.54) is 0 Å². The van der Waals surface area contributed by atoms with E-state index in [0.29, 0.717) is 0 Å². The number of ether oxygens (including phenoxy) is 3. The summed E-state index contributed by atoms with van der Waals surface area (Å²) < 4.78 is 15.6. The fourth-order valence-corrected chi connectivity index (χ4v) is 2.68. The van der Waals surface area contributed by atoms with Crippen molar-refractivity contribution in [2.75, 3.05) is 19.8 Å². The van der Waals surface area contributed by atoms with E-state index in [4.69, 9.17) is 30.2 Å². The first kappa shape index (κ1) is 18.9. The summed E-state index contributed by atoms with van der Waals surface area (Å²) in [5, 5.41) is 67.3. The molecule has 0 unspecified atom stereocenters. The van der Waals surface area contributed by atoms with Gasteiger partial charge >= 0.3 is 0 Å². The Labute approximate surface area is 131 Å². The molecule has 2 fully saturated rings. The normalized spacial score (nSPS) is 51.1. The number of hydrogen-bond acceptors (Lipinski definition) is 11. The van der Waals surface area contributed by atoms with Crippen molar-refractivity contribution in [2.24, 2.45) is 5.73 Å². The maximum atomic E-state index is 10.0. The third-order valence-corrected chi connectivity index (χ3v) is 4.16. The topological polar surface area (TPSA) is 195 Å². The van der Waals surface area contributed by atoms with Crippen molar-refractivity contribution >= 4 is 0 Å². The molecule has 2 aliphatic rings. The second-order valence-corrected chi connectivity index (χ2v) is 5.65. The predicted molar refractivity (Wildman–Crippen MR) is 70.6 cm³/mol. The maximum absolute atomic E-state index is 10.0. The van der Waals surface area contributed by atoms with E-state index in [-0.39, 0.29) is 0 Å². The summed E-state index contributed by atoms with van der Waals surface area (Å²) in [6.07, 6.45) is -10.1. The predicted octanol–water partition coefficient (Wildman–Crippen LogP) is -5.43. The molecule has 11 heteroatoms. The highest BCUT2D eigenvalue weighted by Crippen LogP contribution is 2.35. The quantitative estimate of drug-likeness (QED) is 0.238. The Balaban J connectivity index is 2.18. The highest BCUT2D eigenvalue weighted by atomic mass is 16.8. The van der Waals surface area contributed by atoms with E-state index >= 15 is 0 Å². The SMILES string of the molecule is N[C@@H]1[C@@H](O)[C@H](O[C@@]2(CO)O[C@H](CO)[C@@H](O)[C@@H]2O)O[C@H](CO)[C@H]1O. The van der Waals surface area contributed by atoms with E-state index in [1.54, 1.807) is 0 Å². The van der Waals surface area contributed by atoms with Gasteiger partial charge in [0, 0.05) is 0 Å². The molecule has 136 valence electrons. The number of aliphatic hydroxyl groups excluding tert-OH is 7. The molecule has 0 radical (unpaired) electrons. The molecule has 0 amide bonds. The molecule has 0 spiro atoms. The Kier molecular flexibility index (Phi) is 5.92. The van der Waals surface area contributed by atoms with Crippen LogP contribution in [0.3, 0.4) is 0 Å². The van der Waals surface area contributed by atoms with E-state index in [0.717, 1.165) is 0 Å². The van der Waals surface area contributed by atoms with Gasteiger partial charge in [-0.15, -0.1) is 0 Å². The van der Waals surface area contributed by atoms with Crippen LogP contribution < -0.4 is 5.73 Å². The Bertz CT molecular complexity index is 398. The molecule has 9 atom stereocenters. The molecule has 0 bridgehead atoms. The highest BCUT2D eigenvalue weighted by Gasteiger charge is 2.58. The standard InChI is InChI=1S/C12H23NO10/c13-6-7(17)4(1-14)21-11(9(6)19)23-12(3-16)10(20)8(18)5(2-15)22-12/h4-11,14-20H,1-3,13H2/t4-,5-,6+,7-,8-,9-,10+,11+,12-/m1/s1. The van der Waals surface area contributed by atoms with Crippen LogP contribution in [-0.4, -0.2) is 110 Å². The van der Waals surface area contributed by atoms with Gasteiger partial charge in [0.2, 0.25) is 5.79 Å². The molecule has 11 nitrogen and oxygen atoms in total. The van der Waals surface area contributed by atoms with Crippen LogP contribution in [0.2, 0.25) is 0 Å². The lowest BCUT2D eigenvalue weighted by molar-refractivity contribution is -0.374. The second kappa shape index (κ2) is 7.21. The Hall–Kier alpha value is -0.440. The van der Waals surface area contributed by atoms with Crippen LogP contribution >= 0.6 is 0 Å². The van der Waals surface area contributed by atoms with Gasteiger partial charge in [-0.2, -0.15) is 0 Å². The molecule has 23 heavy (non-hydrogen) atoms. The van der Waals surface area contributed by atoms with E-state index in [1.807, 2.05) is 0 Å². The number of rotatable bonds is 5. The van der Waals surface area contributed by atoms with Crippen LogP contribution in [0.4, 0.5) is 0 Å². The van der Waals surface area contributed by atoms with Crippen LogP contribution in [0, 0.1) is 0 Å². The van der Waals surface area contributed by atoms with Crippen molar-refractivity contribution in [3.63, 3.8) is 0 Å². The number of hydrogen-bond donors (Lipinski definition) is 8. The third-order valence-electron chi connectivity index (χ3n) is 4.16. The van der Waals surface area contributed by atoms with Crippen LogP contribution in [0.25, 0.3) is 0 Å². The molecule has 0 aromatic heterocycles. The molecule has 0 saturated carbocycles. The summed E-state index contributed by atoms with van der Waals surface area (Å²) in [5.74, 6) is -2.17. The van der Waals surface area contributed by atoms with Gasteiger partial charge in [-0.25, -0.2) is 0 Å². The molecule has 0 aromatic carbocycles. The Morgan fingerprint density at radius 3 is 2.00 bits per heavy atom. The molecular weight excluding hydrogens is 318 g/mol. The first-order valence-electron chi connectivity index (χ1n) is 7.12. The van der Waals surface area contributed by atoms with Crippen molar-refractivity contribution in [2.45, 2.75) is 54.7 Å². The first-order valence-corrected chi connectivity index (χ1v) is 7.12. The zero-order valence-corrected chi connectivity index (χ0v) is 12.2. The van der Waals surface area contributed by atoms with Crippen molar-refractivity contribution in [3.8, 4) is 0 Å². The van der Waals surface area contributed by atoms with Gasteiger partial charge in [-0.05, 0) is 0 Å². The van der Waals surface area contributed by atoms with E-state index < -0.39 is 74.6 Å². The monoisotopic (exact) mass is 341 g/mol. The summed E-state index contributed by atoms with van der Waals surface area (Å²) in [4.78, 5) is 0. The highest BCUT2D eigenvalue weighted by molar-refractivity contribution is 4.99. The molecule has 2 aliphatic heterocycles. The molecule has 2 heterocycles. The average molecular weight is 341 g/mol. The zero-order chi connectivity index (χ0) is 17.4. The fraction of sp³-hybridized carbons (Fsp3) is 1.00. The molecule has 2 rings (SSSR count). The number of nitrogens with two attached hydrogens (primary N) is 1. The lowest BCUT2D eigenvalue weighted by Gasteiger charge is -2.43. The Morgan fingerprint density at radius 2 is 1.52 bits per heavy atom. The molecule has 0 aliphatic carbocycles. The minimum atomic E-state index is -2.17. The molecule has 9 N–H and O–H groups in total. The van der Waals surface area contributed by atoms with Crippen LogP contribution in [0.5, 0.6) is 0 Å².